The maximum atomic E-state index is 5.98. The van der Waals surface area contributed by atoms with Gasteiger partial charge in [-0.3, -0.25) is 4.90 Å². The van der Waals surface area contributed by atoms with Gasteiger partial charge >= 0.3 is 0 Å². The molecule has 1 aliphatic rings. The maximum absolute atomic E-state index is 5.98. The first kappa shape index (κ1) is 12.9. The predicted molar refractivity (Wildman–Crippen MR) is 77.6 cm³/mol. The first-order valence-corrected chi connectivity index (χ1v) is 7.13. The molecule has 3 rings (SSSR count). The number of likely N-dealkylation sites (N-methyl/N-ethyl adjacent to an activating group) is 1. The molecule has 1 atom stereocenters. The van der Waals surface area contributed by atoms with E-state index < -0.39 is 0 Å². The number of nitrogens with one attached hydrogen (secondary N) is 1. The smallest absolute Gasteiger partial charge is 0.137 e. The van der Waals surface area contributed by atoms with Gasteiger partial charge in [0.05, 0.1) is 10.7 Å². The van der Waals surface area contributed by atoms with Crippen molar-refractivity contribution >= 4 is 17.2 Å². The summed E-state index contributed by atoms with van der Waals surface area (Å²) in [6.45, 7) is 3.11. The molecule has 19 heavy (non-hydrogen) atoms. The normalized spacial score (nSPS) is 19.6. The van der Waals surface area contributed by atoms with E-state index in [2.05, 4.69) is 28.4 Å². The second-order valence-corrected chi connectivity index (χ2v) is 5.77. The zero-order valence-corrected chi connectivity index (χ0v) is 11.9. The number of imidazole rings is 1. The number of halogens is 1. The van der Waals surface area contributed by atoms with Crippen molar-refractivity contribution in [2.75, 3.05) is 20.1 Å². The molecule has 2 aromatic rings. The molecule has 0 saturated carbocycles. The molecular weight excluding hydrogens is 260 g/mol. The average molecular weight is 279 g/mol. The Kier molecular flexibility index (Phi) is 3.73. The Balaban J connectivity index is 1.66. The number of pyridine rings is 1. The zero-order valence-electron chi connectivity index (χ0n) is 11.1. The van der Waals surface area contributed by atoms with E-state index in [4.69, 9.17) is 11.6 Å². The quantitative estimate of drug-likeness (QED) is 0.930. The van der Waals surface area contributed by atoms with Gasteiger partial charge in [-0.05, 0) is 38.6 Å². The van der Waals surface area contributed by atoms with Gasteiger partial charge in [0.1, 0.15) is 5.65 Å². The Bertz CT molecular complexity index is 560. The molecule has 0 aromatic carbocycles. The molecule has 102 valence electrons. The highest BCUT2D eigenvalue weighted by Crippen LogP contribution is 2.13. The topological polar surface area (TPSA) is 32.6 Å². The van der Waals surface area contributed by atoms with Gasteiger partial charge in [-0.25, -0.2) is 4.98 Å². The minimum Gasteiger partial charge on any atom is -0.313 e. The predicted octanol–water partition coefficient (Wildman–Crippen LogP) is 2.17. The van der Waals surface area contributed by atoms with Crippen LogP contribution in [0, 0.1) is 0 Å². The van der Waals surface area contributed by atoms with E-state index in [9.17, 15) is 0 Å². The lowest BCUT2D eigenvalue weighted by molar-refractivity contribution is 0.290. The lowest BCUT2D eigenvalue weighted by atomic mass is 10.2. The molecule has 0 spiro atoms. The van der Waals surface area contributed by atoms with Crippen LogP contribution in [0.5, 0.6) is 0 Å². The van der Waals surface area contributed by atoms with Gasteiger partial charge in [0.2, 0.25) is 0 Å². The molecule has 2 aromatic heterocycles. The first-order valence-electron chi connectivity index (χ1n) is 6.76. The largest absolute Gasteiger partial charge is 0.313 e. The van der Waals surface area contributed by atoms with Crippen LogP contribution in [0.3, 0.4) is 0 Å². The molecule has 5 heteroatoms. The lowest BCUT2D eigenvalue weighted by Gasteiger charge is -2.19. The van der Waals surface area contributed by atoms with Crippen LogP contribution in [0.25, 0.3) is 5.65 Å². The van der Waals surface area contributed by atoms with Crippen LogP contribution in [0.2, 0.25) is 5.02 Å². The average Bonchev–Trinajstić information content (AvgIpc) is 2.97. The highest BCUT2D eigenvalue weighted by atomic mass is 35.5. The number of hydrogen-bond donors (Lipinski definition) is 1. The van der Waals surface area contributed by atoms with Crippen LogP contribution in [-0.4, -0.2) is 40.5 Å². The highest BCUT2D eigenvalue weighted by molar-refractivity contribution is 6.30. The van der Waals surface area contributed by atoms with Crippen molar-refractivity contribution in [3.05, 3.63) is 35.2 Å². The fourth-order valence-corrected chi connectivity index (χ4v) is 2.89. The third-order valence-corrected chi connectivity index (χ3v) is 3.81. The third-order valence-electron chi connectivity index (χ3n) is 3.59. The molecule has 3 heterocycles. The second kappa shape index (κ2) is 5.49. The SMILES string of the molecule is CN(Cc1cn2cc(Cl)ccc2n1)CC1CCCN1. The van der Waals surface area contributed by atoms with Crippen LogP contribution in [0.1, 0.15) is 18.5 Å². The van der Waals surface area contributed by atoms with Gasteiger partial charge in [0, 0.05) is 31.5 Å². The van der Waals surface area contributed by atoms with E-state index in [1.807, 2.05) is 22.7 Å². The van der Waals surface area contributed by atoms with Crippen molar-refractivity contribution in [3.63, 3.8) is 0 Å². The summed E-state index contributed by atoms with van der Waals surface area (Å²) in [5.41, 5.74) is 2.04. The van der Waals surface area contributed by atoms with Crippen LogP contribution in [-0.2, 0) is 6.54 Å². The minimum atomic E-state index is 0.636. The van der Waals surface area contributed by atoms with Crippen molar-refractivity contribution in [2.24, 2.45) is 0 Å². The Labute approximate surface area is 118 Å². The summed E-state index contributed by atoms with van der Waals surface area (Å²) in [6.07, 6.45) is 6.53. The van der Waals surface area contributed by atoms with Crippen molar-refractivity contribution < 1.29 is 0 Å². The molecule has 0 radical (unpaired) electrons. The summed E-state index contributed by atoms with van der Waals surface area (Å²) in [6, 6.07) is 4.46. The van der Waals surface area contributed by atoms with Crippen LogP contribution in [0.15, 0.2) is 24.5 Å². The molecule has 0 aliphatic carbocycles. The van der Waals surface area contributed by atoms with Crippen molar-refractivity contribution in [1.29, 1.82) is 0 Å². The summed E-state index contributed by atoms with van der Waals surface area (Å²) in [4.78, 5) is 6.94. The number of hydrogen-bond acceptors (Lipinski definition) is 3. The molecule has 1 N–H and O–H groups in total. The van der Waals surface area contributed by atoms with E-state index in [0.29, 0.717) is 6.04 Å². The van der Waals surface area contributed by atoms with Crippen molar-refractivity contribution in [3.8, 4) is 0 Å². The van der Waals surface area contributed by atoms with Crippen LogP contribution >= 0.6 is 11.6 Å². The molecule has 4 nitrogen and oxygen atoms in total. The molecule has 1 saturated heterocycles. The Morgan fingerprint density at radius 3 is 3.16 bits per heavy atom. The molecule has 0 bridgehead atoms. The summed E-state index contributed by atoms with van der Waals surface area (Å²) in [5, 5.41) is 4.26. The standard InChI is InChI=1S/C14H19ClN4/c1-18(8-12-3-2-6-16-12)9-13-10-19-7-11(15)4-5-14(19)17-13/h4-5,7,10,12,16H,2-3,6,8-9H2,1H3. The minimum absolute atomic E-state index is 0.636. The van der Waals surface area contributed by atoms with Gasteiger partial charge in [-0.1, -0.05) is 11.6 Å². The maximum Gasteiger partial charge on any atom is 0.137 e. The molecular formula is C14H19ClN4. The fourth-order valence-electron chi connectivity index (χ4n) is 2.72. The zero-order chi connectivity index (χ0) is 13.2. The Hall–Kier alpha value is -1.10. The second-order valence-electron chi connectivity index (χ2n) is 5.34. The first-order chi connectivity index (χ1) is 9.20. The molecule has 0 amide bonds. The van der Waals surface area contributed by atoms with E-state index in [1.54, 1.807) is 0 Å². The van der Waals surface area contributed by atoms with Crippen molar-refractivity contribution in [2.45, 2.75) is 25.4 Å². The number of aromatic nitrogens is 2. The summed E-state index contributed by atoms with van der Waals surface area (Å²) >= 11 is 5.98. The van der Waals surface area contributed by atoms with E-state index in [1.165, 1.54) is 12.8 Å². The monoisotopic (exact) mass is 278 g/mol. The summed E-state index contributed by atoms with van der Waals surface area (Å²) in [5.74, 6) is 0. The van der Waals surface area contributed by atoms with Gasteiger partial charge in [0.15, 0.2) is 0 Å². The molecule has 1 aliphatic heterocycles. The van der Waals surface area contributed by atoms with Crippen molar-refractivity contribution in [1.82, 2.24) is 19.6 Å². The Morgan fingerprint density at radius 1 is 1.47 bits per heavy atom. The highest BCUT2D eigenvalue weighted by Gasteiger charge is 2.16. The summed E-state index contributed by atoms with van der Waals surface area (Å²) < 4.78 is 1.99. The van der Waals surface area contributed by atoms with Crippen LogP contribution in [0.4, 0.5) is 0 Å². The third kappa shape index (κ3) is 3.08. The van der Waals surface area contributed by atoms with E-state index in [0.717, 1.165) is 36.0 Å². The number of rotatable bonds is 4. The fraction of sp³-hybridized carbons (Fsp3) is 0.500. The molecule has 1 unspecified atom stereocenters. The summed E-state index contributed by atoms with van der Waals surface area (Å²) in [7, 11) is 2.15. The van der Waals surface area contributed by atoms with Crippen LogP contribution < -0.4 is 5.32 Å². The van der Waals surface area contributed by atoms with E-state index >= 15 is 0 Å². The van der Waals surface area contributed by atoms with Gasteiger partial charge in [0.25, 0.3) is 0 Å². The van der Waals surface area contributed by atoms with Gasteiger partial charge in [-0.15, -0.1) is 0 Å². The number of fused-ring (bicyclic) bond motifs is 1. The van der Waals surface area contributed by atoms with E-state index in [-0.39, 0.29) is 0 Å². The number of nitrogens with zero attached hydrogens (tertiary/aromatic N) is 3. The Morgan fingerprint density at radius 2 is 2.37 bits per heavy atom. The van der Waals surface area contributed by atoms with Gasteiger partial charge < -0.3 is 9.72 Å². The van der Waals surface area contributed by atoms with Gasteiger partial charge in [-0.2, -0.15) is 0 Å². The molecule has 1 fully saturated rings. The lowest BCUT2D eigenvalue weighted by Crippen LogP contribution is -2.35.